The fraction of sp³-hybridized carbons (Fsp3) is 0.692. The van der Waals surface area contributed by atoms with Crippen LogP contribution >= 0.6 is 0 Å². The second-order valence-corrected chi connectivity index (χ2v) is 4.64. The van der Waals surface area contributed by atoms with Gasteiger partial charge in [-0.15, -0.1) is 0 Å². The predicted octanol–water partition coefficient (Wildman–Crippen LogP) is 0.934. The highest BCUT2D eigenvalue weighted by molar-refractivity contribution is 5.58. The molecule has 0 amide bonds. The lowest BCUT2D eigenvalue weighted by molar-refractivity contribution is 0.132. The summed E-state index contributed by atoms with van der Waals surface area (Å²) in [4.78, 5) is 8.83. The van der Waals surface area contributed by atoms with Crippen molar-refractivity contribution in [1.82, 2.24) is 9.97 Å². The molecule has 4 N–H and O–H groups in total. The first-order chi connectivity index (χ1) is 9.05. The smallest absolute Gasteiger partial charge is 0.135 e. The van der Waals surface area contributed by atoms with Crippen LogP contribution in [0.5, 0.6) is 0 Å². The Hall–Kier alpha value is -1.40. The second-order valence-electron chi connectivity index (χ2n) is 4.64. The summed E-state index contributed by atoms with van der Waals surface area (Å²) >= 11 is 0. The van der Waals surface area contributed by atoms with Crippen LogP contribution in [-0.4, -0.2) is 46.0 Å². The van der Waals surface area contributed by atoms with Gasteiger partial charge in [0.05, 0.1) is 18.8 Å². The Morgan fingerprint density at radius 3 is 2.11 bits per heavy atom. The van der Waals surface area contributed by atoms with Gasteiger partial charge in [0, 0.05) is 19.0 Å². The molecule has 0 fully saturated rings. The Labute approximate surface area is 114 Å². The van der Waals surface area contributed by atoms with Crippen LogP contribution in [0.15, 0.2) is 0 Å². The summed E-state index contributed by atoms with van der Waals surface area (Å²) in [7, 11) is 1.81. The molecule has 1 heterocycles. The Morgan fingerprint density at radius 1 is 1.11 bits per heavy atom. The molecule has 0 saturated carbocycles. The molecule has 6 nitrogen and oxygen atoms in total. The highest BCUT2D eigenvalue weighted by atomic mass is 16.3. The molecule has 0 saturated heterocycles. The minimum Gasteiger partial charge on any atom is -0.394 e. The topological polar surface area (TPSA) is 90.3 Å². The number of aryl methyl sites for hydroxylation is 1. The van der Waals surface area contributed by atoms with E-state index in [2.05, 4.69) is 20.6 Å². The van der Waals surface area contributed by atoms with Gasteiger partial charge in [-0.1, -0.05) is 13.8 Å². The van der Waals surface area contributed by atoms with E-state index < -0.39 is 5.54 Å². The summed E-state index contributed by atoms with van der Waals surface area (Å²) < 4.78 is 0. The third kappa shape index (κ3) is 3.33. The number of hydrogen-bond acceptors (Lipinski definition) is 6. The van der Waals surface area contributed by atoms with Gasteiger partial charge in [-0.25, -0.2) is 9.97 Å². The number of aliphatic hydroxyl groups is 2. The van der Waals surface area contributed by atoms with Gasteiger partial charge >= 0.3 is 0 Å². The Balaban J connectivity index is 3.18. The normalized spacial score (nSPS) is 11.5. The Bertz CT molecular complexity index is 411. The number of aromatic nitrogens is 2. The summed E-state index contributed by atoms with van der Waals surface area (Å²) in [5.74, 6) is 2.13. The first-order valence-corrected chi connectivity index (χ1v) is 6.61. The fourth-order valence-electron chi connectivity index (χ4n) is 1.78. The largest absolute Gasteiger partial charge is 0.394 e. The third-order valence-electron chi connectivity index (χ3n) is 3.41. The van der Waals surface area contributed by atoms with E-state index in [1.54, 1.807) is 0 Å². The monoisotopic (exact) mass is 268 g/mol. The van der Waals surface area contributed by atoms with Crippen LogP contribution in [0, 0.1) is 6.92 Å². The highest BCUT2D eigenvalue weighted by Gasteiger charge is 2.28. The lowest BCUT2D eigenvalue weighted by atomic mass is 9.98. The van der Waals surface area contributed by atoms with E-state index >= 15 is 0 Å². The number of hydrogen-bond donors (Lipinski definition) is 4. The maximum atomic E-state index is 9.50. The number of anilines is 2. The molecule has 0 aliphatic rings. The zero-order valence-corrected chi connectivity index (χ0v) is 12.1. The van der Waals surface area contributed by atoms with Crippen molar-refractivity contribution >= 4 is 11.6 Å². The van der Waals surface area contributed by atoms with Gasteiger partial charge in [0.25, 0.3) is 0 Å². The van der Waals surface area contributed by atoms with Crippen molar-refractivity contribution in [1.29, 1.82) is 0 Å². The molecule has 0 aliphatic heterocycles. The molecule has 108 valence electrons. The third-order valence-corrected chi connectivity index (χ3v) is 3.41. The van der Waals surface area contributed by atoms with Crippen molar-refractivity contribution in [2.24, 2.45) is 0 Å². The summed E-state index contributed by atoms with van der Waals surface area (Å²) in [6.07, 6.45) is 1.32. The summed E-state index contributed by atoms with van der Waals surface area (Å²) in [6, 6.07) is 0. The Morgan fingerprint density at radius 2 is 1.68 bits per heavy atom. The van der Waals surface area contributed by atoms with Gasteiger partial charge < -0.3 is 20.8 Å². The van der Waals surface area contributed by atoms with Crippen molar-refractivity contribution in [3.8, 4) is 0 Å². The molecule has 6 heteroatoms. The quantitative estimate of drug-likeness (QED) is 0.588. The van der Waals surface area contributed by atoms with Crippen LogP contribution in [0.2, 0.25) is 0 Å². The van der Waals surface area contributed by atoms with E-state index in [1.165, 1.54) is 0 Å². The molecular weight excluding hydrogens is 244 g/mol. The lowest BCUT2D eigenvalue weighted by Crippen LogP contribution is -2.45. The van der Waals surface area contributed by atoms with Crippen LogP contribution < -0.4 is 10.6 Å². The molecule has 1 rings (SSSR count). The van der Waals surface area contributed by atoms with Gasteiger partial charge in [-0.3, -0.25) is 0 Å². The molecule has 19 heavy (non-hydrogen) atoms. The second kappa shape index (κ2) is 6.68. The fourth-order valence-corrected chi connectivity index (χ4v) is 1.78. The first-order valence-electron chi connectivity index (χ1n) is 6.61. The molecule has 0 radical (unpaired) electrons. The van der Waals surface area contributed by atoms with Gasteiger partial charge in [0.2, 0.25) is 0 Å². The molecule has 1 aromatic rings. The van der Waals surface area contributed by atoms with E-state index in [-0.39, 0.29) is 13.2 Å². The van der Waals surface area contributed by atoms with Crippen molar-refractivity contribution in [3.63, 3.8) is 0 Å². The minimum atomic E-state index is -0.755. The zero-order valence-electron chi connectivity index (χ0n) is 12.1. The van der Waals surface area contributed by atoms with Crippen LogP contribution in [0.25, 0.3) is 0 Å². The Kier molecular flexibility index (Phi) is 5.50. The van der Waals surface area contributed by atoms with E-state index in [1.807, 2.05) is 27.8 Å². The molecular formula is C13H24N4O2. The van der Waals surface area contributed by atoms with Crippen LogP contribution in [0.1, 0.15) is 31.7 Å². The van der Waals surface area contributed by atoms with Crippen molar-refractivity contribution in [3.05, 3.63) is 11.4 Å². The van der Waals surface area contributed by atoms with E-state index in [0.717, 1.165) is 23.6 Å². The standard InChI is InChI=1S/C13H24N4O2/c1-5-10-15-11(14-4)9(3)12(16-10)17-13(6-2,7-18)8-19/h18-19H,5-8H2,1-4H3,(H2,14,15,16,17). The zero-order chi connectivity index (χ0) is 14.5. The molecule has 0 aliphatic carbocycles. The van der Waals surface area contributed by atoms with E-state index in [0.29, 0.717) is 12.2 Å². The summed E-state index contributed by atoms with van der Waals surface area (Å²) in [5, 5.41) is 25.2. The average Bonchev–Trinajstić information content (AvgIpc) is 2.46. The van der Waals surface area contributed by atoms with Crippen molar-refractivity contribution in [2.75, 3.05) is 30.9 Å². The highest BCUT2D eigenvalue weighted by Crippen LogP contribution is 2.24. The van der Waals surface area contributed by atoms with Gasteiger partial charge in [0.15, 0.2) is 0 Å². The van der Waals surface area contributed by atoms with Crippen molar-refractivity contribution in [2.45, 2.75) is 39.2 Å². The molecule has 0 bridgehead atoms. The van der Waals surface area contributed by atoms with Crippen LogP contribution in [0.4, 0.5) is 11.6 Å². The van der Waals surface area contributed by atoms with Gasteiger partial charge in [-0.2, -0.15) is 0 Å². The van der Waals surface area contributed by atoms with Crippen LogP contribution in [-0.2, 0) is 6.42 Å². The van der Waals surface area contributed by atoms with E-state index in [4.69, 9.17) is 0 Å². The molecule has 0 spiro atoms. The molecule has 0 aromatic carbocycles. The number of nitrogens with one attached hydrogen (secondary N) is 2. The lowest BCUT2D eigenvalue weighted by Gasteiger charge is -2.31. The number of nitrogens with zero attached hydrogens (tertiary/aromatic N) is 2. The van der Waals surface area contributed by atoms with E-state index in [9.17, 15) is 10.2 Å². The summed E-state index contributed by atoms with van der Waals surface area (Å²) in [5.41, 5.74) is 0.120. The minimum absolute atomic E-state index is 0.153. The average molecular weight is 268 g/mol. The van der Waals surface area contributed by atoms with Gasteiger partial charge in [-0.05, 0) is 13.3 Å². The number of rotatable bonds is 7. The number of aliphatic hydroxyl groups excluding tert-OH is 2. The molecule has 0 unspecified atom stereocenters. The molecule has 1 aromatic heterocycles. The SMILES string of the molecule is CCc1nc(NC)c(C)c(NC(CC)(CO)CO)n1. The van der Waals surface area contributed by atoms with Crippen LogP contribution in [0.3, 0.4) is 0 Å². The van der Waals surface area contributed by atoms with Crippen molar-refractivity contribution < 1.29 is 10.2 Å². The first kappa shape index (κ1) is 15.7. The maximum Gasteiger partial charge on any atom is 0.135 e. The maximum absolute atomic E-state index is 9.50. The van der Waals surface area contributed by atoms with Gasteiger partial charge in [0.1, 0.15) is 17.5 Å². The summed E-state index contributed by atoms with van der Waals surface area (Å²) in [6.45, 7) is 5.50. The molecule has 0 atom stereocenters. The predicted molar refractivity (Wildman–Crippen MR) is 76.5 cm³/mol.